The molecule has 1 saturated heterocycles. The zero-order valence-corrected chi connectivity index (χ0v) is 17.6. The number of carbonyl (C=O) groups excluding carboxylic acids is 1. The third kappa shape index (κ3) is 4.59. The molecule has 182 valence electrons. The van der Waals surface area contributed by atoms with Crippen LogP contribution in [0.4, 0.5) is 37.0 Å². The molecule has 0 bridgehead atoms. The number of halogens is 6. The second kappa shape index (κ2) is 8.37. The molecule has 0 unspecified atom stereocenters. The van der Waals surface area contributed by atoms with Gasteiger partial charge in [0.1, 0.15) is 5.82 Å². The lowest BCUT2D eigenvalue weighted by Gasteiger charge is -2.42. The summed E-state index contributed by atoms with van der Waals surface area (Å²) in [5, 5.41) is 6.31. The van der Waals surface area contributed by atoms with Gasteiger partial charge in [-0.2, -0.15) is 36.0 Å². The van der Waals surface area contributed by atoms with Crippen LogP contribution in [0.3, 0.4) is 0 Å². The molecule has 0 saturated carbocycles. The number of rotatable bonds is 4. The Balaban J connectivity index is 1.72. The first-order valence-electron chi connectivity index (χ1n) is 10.3. The van der Waals surface area contributed by atoms with E-state index in [9.17, 15) is 31.1 Å². The van der Waals surface area contributed by atoms with Crippen LogP contribution in [-0.2, 0) is 17.8 Å². The van der Waals surface area contributed by atoms with E-state index in [4.69, 9.17) is 5.73 Å². The number of alkyl halides is 6. The Morgan fingerprint density at radius 2 is 1.62 bits per heavy atom. The van der Waals surface area contributed by atoms with E-state index in [-0.39, 0.29) is 12.4 Å². The topological polar surface area (TPSA) is 88.5 Å². The number of aromatic nitrogens is 3. The first-order chi connectivity index (χ1) is 15.9. The number of amides is 2. The highest BCUT2D eigenvalue weighted by atomic mass is 19.4. The predicted molar refractivity (Wildman–Crippen MR) is 110 cm³/mol. The molecule has 13 heteroatoms. The monoisotopic (exact) mass is 486 g/mol. The number of likely N-dealkylation sites (tertiary alicyclic amines) is 1. The number of fused-ring (bicyclic) bond motifs is 1. The van der Waals surface area contributed by atoms with Gasteiger partial charge in [-0.25, -0.2) is 9.78 Å². The van der Waals surface area contributed by atoms with E-state index in [1.54, 1.807) is 0 Å². The van der Waals surface area contributed by atoms with Crippen LogP contribution in [0, 0.1) is 0 Å². The van der Waals surface area contributed by atoms with Crippen molar-refractivity contribution in [2.45, 2.75) is 30.6 Å². The molecule has 1 fully saturated rings. The fourth-order valence-electron chi connectivity index (χ4n) is 4.16. The molecule has 0 aliphatic carbocycles. The van der Waals surface area contributed by atoms with Crippen LogP contribution < -0.4 is 11.1 Å². The van der Waals surface area contributed by atoms with Crippen molar-refractivity contribution in [3.8, 4) is 0 Å². The standard InChI is InChI=1S/C21H20F6N6O/c22-20(23,24)14-10-16(33-17(30-14)11-15(31-33)21(25,26)27)29-12-19(13-4-2-1-3-5-13)6-8-32(9-7-19)18(28)34/h1-5,10-11,29H,6-9,12H2,(H2,28,34). The number of carbonyl (C=O) groups is 1. The highest BCUT2D eigenvalue weighted by molar-refractivity contribution is 5.72. The van der Waals surface area contributed by atoms with Crippen LogP contribution in [-0.4, -0.2) is 45.2 Å². The van der Waals surface area contributed by atoms with Crippen molar-refractivity contribution in [2.75, 3.05) is 25.0 Å². The molecule has 7 nitrogen and oxygen atoms in total. The van der Waals surface area contributed by atoms with Crippen molar-refractivity contribution in [1.82, 2.24) is 19.5 Å². The van der Waals surface area contributed by atoms with Gasteiger partial charge in [-0.1, -0.05) is 30.3 Å². The molecule has 2 aromatic heterocycles. The summed E-state index contributed by atoms with van der Waals surface area (Å²) in [5.74, 6) is -0.277. The number of piperidine rings is 1. The summed E-state index contributed by atoms with van der Waals surface area (Å²) in [4.78, 5) is 16.3. The molecule has 4 rings (SSSR count). The molecule has 1 aromatic carbocycles. The first-order valence-corrected chi connectivity index (χ1v) is 10.3. The lowest BCUT2D eigenvalue weighted by Crippen LogP contribution is -2.49. The Labute approximate surface area is 189 Å². The van der Waals surface area contributed by atoms with Gasteiger partial charge < -0.3 is 16.0 Å². The van der Waals surface area contributed by atoms with E-state index in [0.717, 1.165) is 10.1 Å². The van der Waals surface area contributed by atoms with Crippen LogP contribution in [0.25, 0.3) is 5.65 Å². The van der Waals surface area contributed by atoms with Crippen molar-refractivity contribution >= 4 is 17.5 Å². The summed E-state index contributed by atoms with van der Waals surface area (Å²) in [5.41, 5.74) is 2.37. The Kier molecular flexibility index (Phi) is 5.82. The second-order valence-electron chi connectivity index (χ2n) is 8.15. The number of nitrogens with two attached hydrogens (primary N) is 1. The highest BCUT2D eigenvalue weighted by Crippen LogP contribution is 2.37. The van der Waals surface area contributed by atoms with Gasteiger partial charge in [-0.15, -0.1) is 0 Å². The summed E-state index contributed by atoms with van der Waals surface area (Å²) in [6.07, 6.45) is -8.83. The average molecular weight is 486 g/mol. The van der Waals surface area contributed by atoms with E-state index in [1.807, 2.05) is 30.3 Å². The molecule has 0 spiro atoms. The van der Waals surface area contributed by atoms with E-state index in [2.05, 4.69) is 15.4 Å². The molecule has 3 heterocycles. The van der Waals surface area contributed by atoms with Crippen LogP contribution in [0.5, 0.6) is 0 Å². The number of nitrogens with zero attached hydrogens (tertiary/aromatic N) is 4. The number of hydrogen-bond acceptors (Lipinski definition) is 4. The molecule has 3 aromatic rings. The van der Waals surface area contributed by atoms with Gasteiger partial charge in [0.25, 0.3) is 0 Å². The van der Waals surface area contributed by atoms with Gasteiger partial charge >= 0.3 is 18.4 Å². The summed E-state index contributed by atoms with van der Waals surface area (Å²) in [7, 11) is 0. The fourth-order valence-corrected chi connectivity index (χ4v) is 4.16. The maximum Gasteiger partial charge on any atom is 0.435 e. The first kappa shape index (κ1) is 23.6. The lowest BCUT2D eigenvalue weighted by molar-refractivity contribution is -0.142. The smallest absolute Gasteiger partial charge is 0.369 e. The molecule has 0 radical (unpaired) electrons. The normalized spacial score (nSPS) is 16.6. The molecule has 2 amide bonds. The molecule has 34 heavy (non-hydrogen) atoms. The second-order valence-corrected chi connectivity index (χ2v) is 8.15. The van der Waals surface area contributed by atoms with Crippen LogP contribution in [0.2, 0.25) is 0 Å². The Morgan fingerprint density at radius 1 is 1.00 bits per heavy atom. The molecular weight excluding hydrogens is 466 g/mol. The van der Waals surface area contributed by atoms with Crippen molar-refractivity contribution in [3.63, 3.8) is 0 Å². The van der Waals surface area contributed by atoms with Gasteiger partial charge in [-0.05, 0) is 18.4 Å². The quantitative estimate of drug-likeness (QED) is 0.539. The maximum atomic E-state index is 13.4. The maximum absolute atomic E-state index is 13.4. The summed E-state index contributed by atoms with van der Waals surface area (Å²) in [6.45, 7) is 0.734. The third-order valence-electron chi connectivity index (χ3n) is 6.03. The minimum absolute atomic E-state index is 0.0846. The van der Waals surface area contributed by atoms with Gasteiger partial charge in [-0.3, -0.25) is 0 Å². The Bertz CT molecular complexity index is 1180. The van der Waals surface area contributed by atoms with Crippen molar-refractivity contribution in [1.29, 1.82) is 0 Å². The van der Waals surface area contributed by atoms with Gasteiger partial charge in [0.05, 0.1) is 0 Å². The molecule has 1 aliphatic heterocycles. The van der Waals surface area contributed by atoms with Crippen LogP contribution >= 0.6 is 0 Å². The largest absolute Gasteiger partial charge is 0.435 e. The summed E-state index contributed by atoms with van der Waals surface area (Å²) >= 11 is 0. The van der Waals surface area contributed by atoms with Gasteiger partial charge in [0, 0.05) is 37.2 Å². The minimum Gasteiger partial charge on any atom is -0.369 e. The van der Waals surface area contributed by atoms with Crippen molar-refractivity contribution < 1.29 is 31.1 Å². The number of nitrogens with one attached hydrogen (secondary N) is 1. The Hall–Kier alpha value is -3.51. The number of benzene rings is 1. The van der Waals surface area contributed by atoms with Crippen LogP contribution in [0.1, 0.15) is 29.8 Å². The van der Waals surface area contributed by atoms with E-state index < -0.39 is 40.8 Å². The number of hydrogen-bond donors (Lipinski definition) is 2. The molecule has 1 aliphatic rings. The third-order valence-corrected chi connectivity index (χ3v) is 6.03. The Morgan fingerprint density at radius 3 is 2.18 bits per heavy atom. The van der Waals surface area contributed by atoms with Crippen LogP contribution in [0.15, 0.2) is 42.5 Å². The predicted octanol–water partition coefficient (Wildman–Crippen LogP) is 4.29. The van der Waals surface area contributed by atoms with Crippen molar-refractivity contribution in [3.05, 3.63) is 59.4 Å². The van der Waals surface area contributed by atoms with Gasteiger partial charge in [0.2, 0.25) is 0 Å². The number of urea groups is 1. The zero-order chi connectivity index (χ0) is 24.7. The minimum atomic E-state index is -4.87. The van der Waals surface area contributed by atoms with Crippen molar-refractivity contribution in [2.24, 2.45) is 5.73 Å². The lowest BCUT2D eigenvalue weighted by atomic mass is 9.72. The zero-order valence-electron chi connectivity index (χ0n) is 17.6. The van der Waals surface area contributed by atoms with E-state index >= 15 is 0 Å². The highest BCUT2D eigenvalue weighted by Gasteiger charge is 2.39. The summed E-state index contributed by atoms with van der Waals surface area (Å²) < 4.78 is 80.4. The van der Waals surface area contributed by atoms with E-state index in [0.29, 0.717) is 38.1 Å². The molecule has 0 atom stereocenters. The van der Waals surface area contributed by atoms with Gasteiger partial charge in [0.15, 0.2) is 17.0 Å². The average Bonchev–Trinajstić information content (AvgIpc) is 3.23. The number of primary amides is 1. The molecular formula is C21H20F6N6O. The summed E-state index contributed by atoms with van der Waals surface area (Å²) in [6, 6.07) is 9.70. The fraction of sp³-hybridized carbons (Fsp3) is 0.381. The SMILES string of the molecule is NC(=O)N1CCC(CNc2cc(C(F)(F)F)nc3cc(C(F)(F)F)nn23)(c2ccccc2)CC1. The van der Waals surface area contributed by atoms with E-state index in [1.165, 1.54) is 4.90 Å². The molecule has 3 N–H and O–H groups in total. The number of anilines is 1.